The van der Waals surface area contributed by atoms with Crippen molar-refractivity contribution in [3.05, 3.63) is 52.8 Å². The van der Waals surface area contributed by atoms with Gasteiger partial charge in [-0.1, -0.05) is 17.7 Å². The van der Waals surface area contributed by atoms with Crippen molar-refractivity contribution in [1.82, 2.24) is 4.57 Å². The molecule has 3 rings (SSSR count). The summed E-state index contributed by atoms with van der Waals surface area (Å²) in [5.74, 6) is -3.56. The van der Waals surface area contributed by atoms with E-state index in [1.54, 1.807) is 24.3 Å². The lowest BCUT2D eigenvalue weighted by atomic mass is 9.89. The van der Waals surface area contributed by atoms with Gasteiger partial charge in [0.15, 0.2) is 0 Å². The van der Waals surface area contributed by atoms with Gasteiger partial charge in [-0.25, -0.2) is 8.78 Å². The van der Waals surface area contributed by atoms with Crippen LogP contribution in [0, 0.1) is 6.92 Å². The number of benzene rings is 1. The number of alkyl halides is 5. The van der Waals surface area contributed by atoms with E-state index in [2.05, 4.69) is 0 Å². The standard InChI is InChI=1S/C16H14F5NO/c1-9-2-4-10(5-3-9)22-8-11(16(19,20)21)13-12(22)6-7-15(17,18)14(13)23/h2-5,8,14,23H,6-7H2,1H3. The normalized spacial score (nSPS) is 20.4. The largest absolute Gasteiger partial charge is 0.418 e. The molecule has 0 radical (unpaired) electrons. The van der Waals surface area contributed by atoms with Crippen LogP contribution in [0.3, 0.4) is 0 Å². The van der Waals surface area contributed by atoms with Crippen LogP contribution in [-0.2, 0) is 12.6 Å². The number of nitrogens with zero attached hydrogens (tertiary/aromatic N) is 1. The van der Waals surface area contributed by atoms with E-state index in [0.29, 0.717) is 5.69 Å². The highest BCUT2D eigenvalue weighted by atomic mass is 19.4. The van der Waals surface area contributed by atoms with Crippen LogP contribution in [-0.4, -0.2) is 15.6 Å². The Morgan fingerprint density at radius 1 is 1.17 bits per heavy atom. The lowest BCUT2D eigenvalue weighted by Gasteiger charge is -2.29. The first-order valence-corrected chi connectivity index (χ1v) is 7.05. The number of aryl methyl sites for hydroxylation is 1. The van der Waals surface area contributed by atoms with Crippen molar-refractivity contribution < 1.29 is 27.1 Å². The molecule has 1 heterocycles. The van der Waals surface area contributed by atoms with Gasteiger partial charge >= 0.3 is 6.18 Å². The van der Waals surface area contributed by atoms with Gasteiger partial charge in [0.1, 0.15) is 6.10 Å². The predicted octanol–water partition coefficient (Wildman–Crippen LogP) is 4.42. The lowest BCUT2D eigenvalue weighted by Crippen LogP contribution is -2.33. The summed E-state index contributed by atoms with van der Waals surface area (Å²) in [7, 11) is 0. The van der Waals surface area contributed by atoms with E-state index >= 15 is 0 Å². The first-order valence-electron chi connectivity index (χ1n) is 7.05. The van der Waals surface area contributed by atoms with Crippen molar-refractivity contribution in [2.24, 2.45) is 0 Å². The van der Waals surface area contributed by atoms with E-state index in [0.717, 1.165) is 11.8 Å². The number of fused-ring (bicyclic) bond motifs is 1. The molecular weight excluding hydrogens is 317 g/mol. The third kappa shape index (κ3) is 2.63. The molecule has 0 saturated heterocycles. The van der Waals surface area contributed by atoms with E-state index in [1.165, 1.54) is 4.57 Å². The third-order valence-electron chi connectivity index (χ3n) is 4.14. The zero-order chi connectivity index (χ0) is 17.0. The third-order valence-corrected chi connectivity index (χ3v) is 4.14. The topological polar surface area (TPSA) is 25.2 Å². The first-order chi connectivity index (χ1) is 10.6. The van der Waals surface area contributed by atoms with Gasteiger partial charge in [0, 0.05) is 29.6 Å². The number of rotatable bonds is 1. The maximum atomic E-state index is 13.7. The molecule has 124 valence electrons. The van der Waals surface area contributed by atoms with Crippen LogP contribution in [0.25, 0.3) is 5.69 Å². The molecule has 2 nitrogen and oxygen atoms in total. The predicted molar refractivity (Wildman–Crippen MR) is 73.7 cm³/mol. The molecule has 0 amide bonds. The SMILES string of the molecule is Cc1ccc(-n2cc(C(F)(F)F)c3c2CCC(F)(F)C3O)cc1. The summed E-state index contributed by atoms with van der Waals surface area (Å²) in [6.07, 6.45) is -7.39. The van der Waals surface area contributed by atoms with Crippen molar-refractivity contribution in [2.45, 2.75) is 38.0 Å². The van der Waals surface area contributed by atoms with Crippen molar-refractivity contribution in [2.75, 3.05) is 0 Å². The lowest BCUT2D eigenvalue weighted by molar-refractivity contribution is -0.147. The Balaban J connectivity index is 2.23. The summed E-state index contributed by atoms with van der Waals surface area (Å²) in [6, 6.07) is 6.69. The zero-order valence-corrected chi connectivity index (χ0v) is 12.2. The molecule has 1 aliphatic carbocycles. The number of halogens is 5. The van der Waals surface area contributed by atoms with E-state index in [1.807, 2.05) is 6.92 Å². The van der Waals surface area contributed by atoms with Crippen molar-refractivity contribution in [1.29, 1.82) is 0 Å². The van der Waals surface area contributed by atoms with Crippen LogP contribution < -0.4 is 0 Å². The minimum atomic E-state index is -4.81. The van der Waals surface area contributed by atoms with Gasteiger partial charge in [0.2, 0.25) is 0 Å². The quantitative estimate of drug-likeness (QED) is 0.769. The molecule has 1 N–H and O–H groups in total. The van der Waals surface area contributed by atoms with Gasteiger partial charge < -0.3 is 9.67 Å². The van der Waals surface area contributed by atoms with Gasteiger partial charge in [-0.3, -0.25) is 0 Å². The highest BCUT2D eigenvalue weighted by molar-refractivity contribution is 5.47. The Morgan fingerprint density at radius 2 is 1.78 bits per heavy atom. The van der Waals surface area contributed by atoms with E-state index in [4.69, 9.17) is 0 Å². The first kappa shape index (κ1) is 16.0. The van der Waals surface area contributed by atoms with E-state index in [-0.39, 0.29) is 12.1 Å². The van der Waals surface area contributed by atoms with Gasteiger partial charge in [-0.2, -0.15) is 13.2 Å². The molecule has 1 aromatic heterocycles. The second-order valence-corrected chi connectivity index (χ2v) is 5.77. The number of hydrogen-bond donors (Lipinski definition) is 1. The minimum Gasteiger partial charge on any atom is -0.382 e. The minimum absolute atomic E-state index is 0.0830. The fourth-order valence-electron chi connectivity index (χ4n) is 2.92. The summed E-state index contributed by atoms with van der Waals surface area (Å²) in [5.41, 5.74) is -0.467. The molecule has 1 atom stereocenters. The molecule has 0 saturated carbocycles. The van der Waals surface area contributed by atoms with Gasteiger partial charge in [-0.05, 0) is 25.5 Å². The van der Waals surface area contributed by atoms with E-state index < -0.39 is 35.8 Å². The number of hydrogen-bond acceptors (Lipinski definition) is 1. The Kier molecular flexibility index (Phi) is 3.51. The number of aliphatic hydroxyl groups is 1. The maximum Gasteiger partial charge on any atom is 0.418 e. The smallest absolute Gasteiger partial charge is 0.382 e. The zero-order valence-electron chi connectivity index (χ0n) is 12.2. The maximum absolute atomic E-state index is 13.7. The van der Waals surface area contributed by atoms with Crippen molar-refractivity contribution in [3.63, 3.8) is 0 Å². The molecule has 0 fully saturated rings. The van der Waals surface area contributed by atoms with Crippen LogP contribution in [0.15, 0.2) is 30.5 Å². The summed E-state index contributed by atoms with van der Waals surface area (Å²) < 4.78 is 68.3. The Labute approximate surface area is 129 Å². The summed E-state index contributed by atoms with van der Waals surface area (Å²) >= 11 is 0. The Hall–Kier alpha value is -1.89. The molecular formula is C16H14F5NO. The van der Waals surface area contributed by atoms with Crippen LogP contribution in [0.4, 0.5) is 22.0 Å². The summed E-state index contributed by atoms with van der Waals surface area (Å²) in [5, 5.41) is 9.77. The summed E-state index contributed by atoms with van der Waals surface area (Å²) in [4.78, 5) is 0. The molecule has 1 unspecified atom stereocenters. The van der Waals surface area contributed by atoms with Crippen LogP contribution >= 0.6 is 0 Å². The highest BCUT2D eigenvalue weighted by Crippen LogP contribution is 2.48. The van der Waals surface area contributed by atoms with E-state index in [9.17, 15) is 27.1 Å². The van der Waals surface area contributed by atoms with Crippen molar-refractivity contribution >= 4 is 0 Å². The summed E-state index contributed by atoms with van der Waals surface area (Å²) in [6.45, 7) is 1.83. The molecule has 7 heteroatoms. The molecule has 2 aromatic rings. The molecule has 23 heavy (non-hydrogen) atoms. The fourth-order valence-corrected chi connectivity index (χ4v) is 2.92. The Morgan fingerprint density at radius 3 is 2.35 bits per heavy atom. The highest BCUT2D eigenvalue weighted by Gasteiger charge is 2.50. The molecule has 0 aliphatic heterocycles. The van der Waals surface area contributed by atoms with Crippen LogP contribution in [0.2, 0.25) is 0 Å². The average molecular weight is 331 g/mol. The Bertz CT molecular complexity index is 730. The average Bonchev–Trinajstić information content (AvgIpc) is 2.84. The molecule has 1 aliphatic rings. The van der Waals surface area contributed by atoms with Gasteiger partial charge in [0.25, 0.3) is 5.92 Å². The molecule has 0 bridgehead atoms. The fraction of sp³-hybridized carbons (Fsp3) is 0.375. The number of aliphatic hydroxyl groups excluding tert-OH is 1. The second-order valence-electron chi connectivity index (χ2n) is 5.77. The number of aromatic nitrogens is 1. The molecule has 0 spiro atoms. The van der Waals surface area contributed by atoms with Crippen LogP contribution in [0.5, 0.6) is 0 Å². The van der Waals surface area contributed by atoms with Crippen LogP contribution in [0.1, 0.15) is 34.9 Å². The van der Waals surface area contributed by atoms with Gasteiger partial charge in [0.05, 0.1) is 5.56 Å². The second kappa shape index (κ2) is 5.06. The molecule has 1 aromatic carbocycles. The monoisotopic (exact) mass is 331 g/mol. The van der Waals surface area contributed by atoms with Crippen molar-refractivity contribution in [3.8, 4) is 5.69 Å². The van der Waals surface area contributed by atoms with Gasteiger partial charge in [-0.15, -0.1) is 0 Å².